The first-order valence-electron chi connectivity index (χ1n) is 13.0. The lowest BCUT2D eigenvalue weighted by Gasteiger charge is -2.40. The Kier molecular flexibility index (Phi) is 8.32. The molecule has 200 valence electrons. The van der Waals surface area contributed by atoms with Crippen molar-refractivity contribution in [2.24, 2.45) is 4.99 Å². The molecular weight excluding hydrogens is 537 g/mol. The molecule has 1 amide bonds. The number of benzodiazepines with no additional fused rings is 1. The van der Waals surface area contributed by atoms with Gasteiger partial charge in [-0.3, -0.25) is 14.7 Å². The minimum absolute atomic E-state index is 0.167. The number of nitrogens with zero attached hydrogens (tertiary/aromatic N) is 3. The summed E-state index contributed by atoms with van der Waals surface area (Å²) in [5, 5.41) is 1.25. The number of hydrogen-bond acceptors (Lipinski definition) is 3. The van der Waals surface area contributed by atoms with Crippen LogP contribution in [0.2, 0.25) is 10.0 Å². The molecule has 2 unspecified atom stereocenters. The highest BCUT2D eigenvalue weighted by atomic mass is 35.5. The largest absolute Gasteiger partial charge is 0.312 e. The quantitative estimate of drug-likeness (QED) is 0.201. The Bertz CT molecular complexity index is 1490. The molecule has 0 aromatic heterocycles. The lowest BCUT2D eigenvalue weighted by molar-refractivity contribution is -0.124. The van der Waals surface area contributed by atoms with Crippen LogP contribution >= 0.6 is 23.2 Å². The number of likely N-dealkylation sites (N-methyl/N-ethyl adjacent to an activating group) is 1. The van der Waals surface area contributed by atoms with E-state index in [2.05, 4.69) is 18.1 Å². The molecule has 0 N–H and O–H groups in total. The zero-order valence-electron chi connectivity index (χ0n) is 22.1. The predicted molar refractivity (Wildman–Crippen MR) is 166 cm³/mol. The smallest absolute Gasteiger partial charge is 0.266 e. The highest BCUT2D eigenvalue weighted by Crippen LogP contribution is 2.38. The van der Waals surface area contributed by atoms with Crippen LogP contribution in [0, 0.1) is 0 Å². The number of carbonyl (C=O) groups excluding carboxylic acids is 1. The number of hydrogen-bond donors (Lipinski definition) is 0. The number of carbonyl (C=O) groups is 1. The average molecular weight is 567 g/mol. The summed E-state index contributed by atoms with van der Waals surface area (Å²) in [5.74, 6) is -0.167. The van der Waals surface area contributed by atoms with Crippen LogP contribution in [0.5, 0.6) is 0 Å². The van der Waals surface area contributed by atoms with Gasteiger partial charge in [-0.05, 0) is 41.5 Å². The van der Waals surface area contributed by atoms with Gasteiger partial charge in [-0.15, -0.1) is 13.2 Å². The van der Waals surface area contributed by atoms with Crippen molar-refractivity contribution in [2.45, 2.75) is 18.2 Å². The van der Waals surface area contributed by atoms with Crippen LogP contribution in [-0.2, 0) is 4.79 Å². The average Bonchev–Trinajstić information content (AvgIpc) is 3.09. The van der Waals surface area contributed by atoms with E-state index >= 15 is 0 Å². The summed E-state index contributed by atoms with van der Waals surface area (Å²) in [7, 11) is 1.80. The molecule has 0 spiro atoms. The molecule has 0 radical (unpaired) electrons. The highest BCUT2D eigenvalue weighted by Gasteiger charge is 2.40. The molecule has 0 saturated carbocycles. The van der Waals surface area contributed by atoms with E-state index in [-0.39, 0.29) is 5.91 Å². The van der Waals surface area contributed by atoms with Crippen LogP contribution < -0.4 is 4.90 Å². The van der Waals surface area contributed by atoms with Crippen LogP contribution in [0.1, 0.15) is 34.3 Å². The number of aliphatic imine (C=N–C) groups is 1. The maximum Gasteiger partial charge on any atom is 0.266 e. The van der Waals surface area contributed by atoms with Gasteiger partial charge < -0.3 is 4.90 Å². The standard InChI is InChI=1S/C34H29Cl2N3O/c1-4-29(23-15-19-26(35)20-16-23)39(30(5-2)24-17-21-27(36)22-18-24)33-34(40)38(3)31-14-10-9-13-28(31)32(37-33)25-11-7-6-8-12-25/h4-22,29-30,33H,1-2H2,3H3/t29?,30?,33-/m0/s1. The molecule has 0 fully saturated rings. The fourth-order valence-electron chi connectivity index (χ4n) is 5.18. The molecule has 3 atom stereocenters. The van der Waals surface area contributed by atoms with Crippen LogP contribution in [0.4, 0.5) is 5.69 Å². The first kappa shape index (κ1) is 27.6. The Morgan fingerprint density at radius 2 is 1.27 bits per heavy atom. The third-order valence-electron chi connectivity index (χ3n) is 7.16. The molecule has 1 heterocycles. The van der Waals surface area contributed by atoms with Gasteiger partial charge in [0.25, 0.3) is 5.91 Å². The summed E-state index contributed by atoms with van der Waals surface area (Å²) < 4.78 is 0. The van der Waals surface area contributed by atoms with Crippen molar-refractivity contribution in [3.05, 3.63) is 161 Å². The molecule has 40 heavy (non-hydrogen) atoms. The minimum Gasteiger partial charge on any atom is -0.312 e. The Morgan fingerprint density at radius 1 is 0.775 bits per heavy atom. The molecule has 4 nitrogen and oxygen atoms in total. The molecule has 4 aromatic carbocycles. The maximum atomic E-state index is 14.4. The van der Waals surface area contributed by atoms with E-state index in [0.29, 0.717) is 10.0 Å². The molecule has 6 heteroatoms. The van der Waals surface area contributed by atoms with Crippen molar-refractivity contribution in [1.29, 1.82) is 0 Å². The monoisotopic (exact) mass is 565 g/mol. The molecular formula is C34H29Cl2N3O. The third kappa shape index (κ3) is 5.39. The number of anilines is 1. The number of benzene rings is 4. The van der Waals surface area contributed by atoms with Crippen molar-refractivity contribution < 1.29 is 4.79 Å². The van der Waals surface area contributed by atoms with E-state index in [9.17, 15) is 4.79 Å². The number of para-hydroxylation sites is 1. The second-order valence-corrected chi connectivity index (χ2v) is 10.4. The van der Waals surface area contributed by atoms with Crippen molar-refractivity contribution in [3.8, 4) is 0 Å². The molecule has 1 aliphatic heterocycles. The topological polar surface area (TPSA) is 35.9 Å². The fraction of sp³-hybridized carbons (Fsp3) is 0.118. The third-order valence-corrected chi connectivity index (χ3v) is 7.67. The zero-order valence-corrected chi connectivity index (χ0v) is 23.6. The van der Waals surface area contributed by atoms with Gasteiger partial charge in [0.05, 0.1) is 23.5 Å². The lowest BCUT2D eigenvalue weighted by Crippen LogP contribution is -2.48. The summed E-state index contributed by atoms with van der Waals surface area (Å²) in [6.45, 7) is 8.36. The first-order valence-corrected chi connectivity index (χ1v) is 13.7. The van der Waals surface area contributed by atoms with Gasteiger partial charge in [0.1, 0.15) is 0 Å². The van der Waals surface area contributed by atoms with Gasteiger partial charge in [0.15, 0.2) is 6.17 Å². The second kappa shape index (κ2) is 12.1. The van der Waals surface area contributed by atoms with E-state index < -0.39 is 18.2 Å². The lowest BCUT2D eigenvalue weighted by atomic mass is 9.97. The maximum absolute atomic E-state index is 14.4. The van der Waals surface area contributed by atoms with Gasteiger partial charge in [-0.1, -0.05) is 108 Å². The summed E-state index contributed by atoms with van der Waals surface area (Å²) in [4.78, 5) is 23.4. The highest BCUT2D eigenvalue weighted by molar-refractivity contribution is 6.30. The zero-order chi connectivity index (χ0) is 28.2. The Labute approximate surface area is 245 Å². The molecule has 1 aliphatic rings. The number of amides is 1. The molecule has 4 aromatic rings. The van der Waals surface area contributed by atoms with Crippen LogP contribution in [0.25, 0.3) is 0 Å². The fourth-order valence-corrected chi connectivity index (χ4v) is 5.43. The number of rotatable bonds is 8. The Balaban J connectivity index is 1.76. The van der Waals surface area contributed by atoms with Gasteiger partial charge >= 0.3 is 0 Å². The number of halogens is 2. The van der Waals surface area contributed by atoms with Gasteiger partial charge in [0.2, 0.25) is 0 Å². The van der Waals surface area contributed by atoms with Crippen molar-refractivity contribution in [3.63, 3.8) is 0 Å². The van der Waals surface area contributed by atoms with E-state index in [0.717, 1.165) is 33.7 Å². The van der Waals surface area contributed by atoms with Crippen LogP contribution in [0.15, 0.2) is 133 Å². The Hall–Kier alpha value is -3.96. The van der Waals surface area contributed by atoms with Gasteiger partial charge in [0, 0.05) is 28.2 Å². The van der Waals surface area contributed by atoms with Crippen LogP contribution in [0.3, 0.4) is 0 Å². The van der Waals surface area contributed by atoms with E-state index in [1.807, 2.05) is 115 Å². The van der Waals surface area contributed by atoms with E-state index in [1.54, 1.807) is 11.9 Å². The van der Waals surface area contributed by atoms with Crippen molar-refractivity contribution in [1.82, 2.24) is 4.90 Å². The van der Waals surface area contributed by atoms with Crippen LogP contribution in [-0.4, -0.2) is 29.7 Å². The SMILES string of the molecule is C=CC(c1ccc(Cl)cc1)N(C(C=C)c1ccc(Cl)cc1)[C@@H]1N=C(c2ccccc2)c2ccccc2N(C)C1=O. The molecule has 0 bridgehead atoms. The number of fused-ring (bicyclic) bond motifs is 1. The molecule has 0 aliphatic carbocycles. The van der Waals surface area contributed by atoms with E-state index in [1.165, 1.54) is 0 Å². The first-order chi connectivity index (χ1) is 19.4. The van der Waals surface area contributed by atoms with Crippen molar-refractivity contribution >= 4 is 40.5 Å². The molecule has 0 saturated heterocycles. The minimum atomic E-state index is -0.912. The van der Waals surface area contributed by atoms with Gasteiger partial charge in [-0.25, -0.2) is 0 Å². The van der Waals surface area contributed by atoms with Gasteiger partial charge in [-0.2, -0.15) is 0 Å². The predicted octanol–water partition coefficient (Wildman–Crippen LogP) is 8.29. The summed E-state index contributed by atoms with van der Waals surface area (Å²) in [6, 6.07) is 32.2. The van der Waals surface area contributed by atoms with E-state index in [4.69, 9.17) is 28.2 Å². The summed E-state index contributed by atoms with van der Waals surface area (Å²) >= 11 is 12.5. The summed E-state index contributed by atoms with van der Waals surface area (Å²) in [5.41, 5.74) is 5.19. The second-order valence-electron chi connectivity index (χ2n) is 9.54. The normalized spacial score (nSPS) is 16.5. The summed E-state index contributed by atoms with van der Waals surface area (Å²) in [6.07, 6.45) is 2.75. The Morgan fingerprint density at radius 3 is 1.80 bits per heavy atom. The molecule has 5 rings (SSSR count). The van der Waals surface area contributed by atoms with Crippen molar-refractivity contribution in [2.75, 3.05) is 11.9 Å².